The fraction of sp³-hybridized carbons (Fsp3) is 0.773. The summed E-state index contributed by atoms with van der Waals surface area (Å²) >= 11 is 0. The van der Waals surface area contributed by atoms with Crippen molar-refractivity contribution in [3.05, 3.63) is 46.3 Å². The summed E-state index contributed by atoms with van der Waals surface area (Å²) < 4.78 is 45.5. The van der Waals surface area contributed by atoms with Gasteiger partial charge in [0.2, 0.25) is 0 Å². The fourth-order valence-electron chi connectivity index (χ4n) is 6.64. The Bertz CT molecular complexity index is 1370. The fourth-order valence-corrected chi connectivity index (χ4v) is 7.39. The van der Waals surface area contributed by atoms with Crippen LogP contribution in [0.2, 0.25) is 0 Å². The SMILES string of the molecule is CCCCCc1cc(C)c(CCCCCCCCC(=O)OC[C@H](COP(=O)(O)OCCNC)OC(=O)CCCCCCCCc2oc(CCCCC)cc2C)o1. The van der Waals surface area contributed by atoms with Crippen LogP contribution in [0, 0.1) is 13.8 Å². The number of carbonyl (C=O) groups is 2. The van der Waals surface area contributed by atoms with Crippen molar-refractivity contribution >= 4 is 19.8 Å². The number of ether oxygens (including phenoxy) is 2. The van der Waals surface area contributed by atoms with Crippen LogP contribution in [0.3, 0.4) is 0 Å². The number of rotatable bonds is 36. The summed E-state index contributed by atoms with van der Waals surface area (Å²) in [4.78, 5) is 35.3. The van der Waals surface area contributed by atoms with E-state index in [4.69, 9.17) is 27.4 Å². The van der Waals surface area contributed by atoms with Gasteiger partial charge in [-0.1, -0.05) is 90.9 Å². The largest absolute Gasteiger partial charge is 0.472 e. The summed E-state index contributed by atoms with van der Waals surface area (Å²) in [5.74, 6) is 3.56. The van der Waals surface area contributed by atoms with Gasteiger partial charge in [-0.2, -0.15) is 0 Å². The maximum Gasteiger partial charge on any atom is 0.472 e. The summed E-state index contributed by atoms with van der Waals surface area (Å²) in [7, 11) is -2.68. The van der Waals surface area contributed by atoms with E-state index in [-0.39, 0.29) is 26.1 Å². The van der Waals surface area contributed by atoms with Crippen molar-refractivity contribution in [2.45, 2.75) is 188 Å². The second kappa shape index (κ2) is 30.6. The van der Waals surface area contributed by atoms with E-state index in [0.29, 0.717) is 19.4 Å². The molecule has 0 bridgehead atoms. The highest BCUT2D eigenvalue weighted by Crippen LogP contribution is 2.43. The number of carbonyl (C=O) groups excluding carboxylic acids is 2. The number of likely N-dealkylation sites (N-methyl/N-ethyl adjacent to an activating group) is 1. The second-order valence-electron chi connectivity index (χ2n) is 15.3. The van der Waals surface area contributed by atoms with Gasteiger partial charge in [0.1, 0.15) is 29.6 Å². The lowest BCUT2D eigenvalue weighted by atomic mass is 10.1. The van der Waals surface area contributed by atoms with E-state index in [9.17, 15) is 19.0 Å². The van der Waals surface area contributed by atoms with Crippen LogP contribution in [0.5, 0.6) is 0 Å². The topological polar surface area (TPSA) is 147 Å². The van der Waals surface area contributed by atoms with Crippen LogP contribution in [0.4, 0.5) is 0 Å². The summed E-state index contributed by atoms with van der Waals surface area (Å²) in [5.41, 5.74) is 2.50. The Morgan fingerprint density at radius 2 is 1.12 bits per heavy atom. The molecule has 1 unspecified atom stereocenters. The molecule has 322 valence electrons. The molecule has 0 aromatic carbocycles. The van der Waals surface area contributed by atoms with Crippen molar-refractivity contribution in [3.63, 3.8) is 0 Å². The highest BCUT2D eigenvalue weighted by Gasteiger charge is 2.26. The standard InChI is InChI=1S/C44H76NO10P/c1-6-8-18-24-38-32-36(3)41(53-38)26-20-14-10-12-16-22-28-43(46)50-34-40(35-52-56(48,49)51-31-30-45-5)55-44(47)29-23-17-13-11-15-21-27-42-37(4)33-39(54-42)25-19-9-7-2/h32-33,40,45H,6-31,34-35H2,1-5H3,(H,48,49)/t40-/m1/s1. The van der Waals surface area contributed by atoms with Gasteiger partial charge >= 0.3 is 19.8 Å². The zero-order chi connectivity index (χ0) is 40.9. The number of phosphoric ester groups is 1. The van der Waals surface area contributed by atoms with Gasteiger partial charge in [0, 0.05) is 45.1 Å². The molecule has 2 rings (SSSR count). The van der Waals surface area contributed by atoms with Crippen molar-refractivity contribution in [1.29, 1.82) is 0 Å². The third-order valence-electron chi connectivity index (χ3n) is 10.0. The van der Waals surface area contributed by atoms with E-state index in [2.05, 4.69) is 45.1 Å². The van der Waals surface area contributed by atoms with Crippen LogP contribution in [0.25, 0.3) is 0 Å². The molecule has 11 nitrogen and oxygen atoms in total. The smallest absolute Gasteiger partial charge is 0.466 e. The van der Waals surface area contributed by atoms with Crippen LogP contribution < -0.4 is 5.32 Å². The van der Waals surface area contributed by atoms with E-state index in [1.165, 1.54) is 49.7 Å². The summed E-state index contributed by atoms with van der Waals surface area (Å²) in [6, 6.07) is 4.37. The quantitative estimate of drug-likeness (QED) is 0.0385. The van der Waals surface area contributed by atoms with Crippen molar-refractivity contribution in [2.24, 2.45) is 0 Å². The van der Waals surface area contributed by atoms with E-state index in [1.807, 2.05) is 0 Å². The third kappa shape index (κ3) is 23.7. The average Bonchev–Trinajstić information content (AvgIpc) is 3.71. The van der Waals surface area contributed by atoms with Crippen LogP contribution >= 0.6 is 7.82 Å². The molecule has 0 fully saturated rings. The molecule has 2 N–H and O–H groups in total. The van der Waals surface area contributed by atoms with Gasteiger partial charge in [-0.15, -0.1) is 0 Å². The maximum atomic E-state index is 12.7. The van der Waals surface area contributed by atoms with Crippen molar-refractivity contribution in [3.8, 4) is 0 Å². The molecule has 2 heterocycles. The zero-order valence-electron chi connectivity index (χ0n) is 35.6. The second-order valence-corrected chi connectivity index (χ2v) is 16.7. The van der Waals surface area contributed by atoms with Gasteiger partial charge in [-0.05, 0) is 82.7 Å². The Morgan fingerprint density at radius 3 is 1.62 bits per heavy atom. The van der Waals surface area contributed by atoms with Crippen LogP contribution in [0.15, 0.2) is 21.0 Å². The molecule has 0 aliphatic rings. The number of hydrogen-bond acceptors (Lipinski definition) is 10. The van der Waals surface area contributed by atoms with Crippen molar-refractivity contribution in [1.82, 2.24) is 5.32 Å². The van der Waals surface area contributed by atoms with Crippen LogP contribution in [-0.4, -0.2) is 56.3 Å². The number of hydrogen-bond donors (Lipinski definition) is 2. The van der Waals surface area contributed by atoms with Crippen LogP contribution in [-0.2, 0) is 58.4 Å². The molecule has 0 amide bonds. The highest BCUT2D eigenvalue weighted by molar-refractivity contribution is 7.47. The Labute approximate surface area is 338 Å². The molecule has 2 aromatic heterocycles. The zero-order valence-corrected chi connectivity index (χ0v) is 36.5. The predicted molar refractivity (Wildman–Crippen MR) is 222 cm³/mol. The maximum absolute atomic E-state index is 12.7. The summed E-state index contributed by atoms with van der Waals surface area (Å²) in [6.45, 7) is 8.31. The Morgan fingerprint density at radius 1 is 0.661 bits per heavy atom. The van der Waals surface area contributed by atoms with Gasteiger partial charge in [-0.3, -0.25) is 18.6 Å². The highest BCUT2D eigenvalue weighted by atomic mass is 31.2. The van der Waals surface area contributed by atoms with Gasteiger partial charge in [-0.25, -0.2) is 4.57 Å². The molecule has 2 aromatic rings. The van der Waals surface area contributed by atoms with Gasteiger partial charge in [0.25, 0.3) is 0 Å². The number of aryl methyl sites for hydroxylation is 6. The number of unbranched alkanes of at least 4 members (excludes halogenated alkanes) is 14. The van der Waals surface area contributed by atoms with Gasteiger partial charge < -0.3 is 28.5 Å². The average molecular weight is 810 g/mol. The molecular weight excluding hydrogens is 733 g/mol. The summed E-state index contributed by atoms with van der Waals surface area (Å²) in [6.07, 6.45) is 22.4. The molecule has 0 radical (unpaired) electrons. The number of furan rings is 2. The first-order chi connectivity index (χ1) is 27.1. The molecule has 12 heteroatoms. The molecule has 0 aliphatic carbocycles. The first-order valence-electron chi connectivity index (χ1n) is 21.8. The molecular formula is C44H76NO10P. The van der Waals surface area contributed by atoms with Crippen molar-refractivity contribution < 1.29 is 46.4 Å². The first kappa shape index (κ1) is 49.7. The van der Waals surface area contributed by atoms with Crippen molar-refractivity contribution in [2.75, 3.05) is 33.4 Å². The molecule has 0 saturated heterocycles. The Balaban J connectivity index is 1.63. The third-order valence-corrected chi connectivity index (χ3v) is 11.0. The Kier molecular flexibility index (Phi) is 27.2. The van der Waals surface area contributed by atoms with E-state index < -0.39 is 32.5 Å². The normalized spacial score (nSPS) is 13.2. The lowest BCUT2D eigenvalue weighted by molar-refractivity contribution is -0.161. The summed E-state index contributed by atoms with van der Waals surface area (Å²) in [5, 5.41) is 2.82. The number of esters is 2. The molecule has 56 heavy (non-hydrogen) atoms. The minimum atomic E-state index is -4.38. The lowest BCUT2D eigenvalue weighted by Gasteiger charge is -2.20. The van der Waals surface area contributed by atoms with Gasteiger partial charge in [0.05, 0.1) is 13.2 Å². The predicted octanol–water partition coefficient (Wildman–Crippen LogP) is 11.0. The monoisotopic (exact) mass is 810 g/mol. The lowest BCUT2D eigenvalue weighted by Crippen LogP contribution is -2.29. The number of phosphoric acid groups is 1. The van der Waals surface area contributed by atoms with Crippen LogP contribution in [0.1, 0.15) is 176 Å². The minimum absolute atomic E-state index is 0.0318. The molecule has 0 saturated carbocycles. The van der Waals surface area contributed by atoms with Gasteiger partial charge in [0.15, 0.2) is 6.10 Å². The van der Waals surface area contributed by atoms with E-state index in [1.54, 1.807) is 7.05 Å². The van der Waals surface area contributed by atoms with E-state index in [0.717, 1.165) is 113 Å². The number of nitrogens with one attached hydrogen (secondary N) is 1. The first-order valence-corrected chi connectivity index (χ1v) is 23.3. The van der Waals surface area contributed by atoms with E-state index >= 15 is 0 Å². The molecule has 2 atom stereocenters. The molecule has 0 spiro atoms. The Hall–Kier alpha value is -2.43. The molecule has 0 aliphatic heterocycles. The minimum Gasteiger partial charge on any atom is -0.466 e.